The summed E-state index contributed by atoms with van der Waals surface area (Å²) in [7, 11) is 0. The Balaban J connectivity index is 1.93. The summed E-state index contributed by atoms with van der Waals surface area (Å²) in [5.41, 5.74) is 5.89. The zero-order valence-corrected chi connectivity index (χ0v) is 10.8. The second kappa shape index (κ2) is 5.27. The molecule has 5 nitrogen and oxygen atoms in total. The molecule has 2 rings (SSSR count). The van der Waals surface area contributed by atoms with Crippen LogP contribution >= 0.6 is 11.8 Å². The van der Waals surface area contributed by atoms with E-state index < -0.39 is 0 Å². The summed E-state index contributed by atoms with van der Waals surface area (Å²) < 4.78 is 0. The number of carbonyl (C=O) groups excluding carboxylic acids is 2. The van der Waals surface area contributed by atoms with Gasteiger partial charge in [0, 0.05) is 24.9 Å². The van der Waals surface area contributed by atoms with Gasteiger partial charge in [0.2, 0.25) is 5.91 Å². The Morgan fingerprint density at radius 3 is 3.00 bits per heavy atom. The molecule has 2 fully saturated rings. The molecule has 0 aliphatic carbocycles. The third-order valence-electron chi connectivity index (χ3n) is 3.48. The topological polar surface area (TPSA) is 75.4 Å². The van der Waals surface area contributed by atoms with Crippen molar-refractivity contribution in [3.63, 3.8) is 0 Å². The van der Waals surface area contributed by atoms with Gasteiger partial charge in [-0.3, -0.25) is 9.59 Å². The van der Waals surface area contributed by atoms with E-state index in [-0.39, 0.29) is 23.2 Å². The molecule has 3 atom stereocenters. The number of nitrogens with one attached hydrogen (secondary N) is 1. The summed E-state index contributed by atoms with van der Waals surface area (Å²) in [6.07, 6.45) is 2.10. The second-order valence-corrected chi connectivity index (χ2v) is 5.83. The molecule has 0 aromatic rings. The van der Waals surface area contributed by atoms with E-state index >= 15 is 0 Å². The number of carbonyl (C=O) groups is 2. The smallest absolute Gasteiger partial charge is 0.279 e. The first-order valence-electron chi connectivity index (χ1n) is 6.05. The molecule has 2 heterocycles. The van der Waals surface area contributed by atoms with Crippen molar-refractivity contribution in [2.45, 2.75) is 31.8 Å². The van der Waals surface area contributed by atoms with Crippen molar-refractivity contribution < 1.29 is 9.59 Å². The first-order chi connectivity index (χ1) is 8.08. The lowest BCUT2D eigenvalue weighted by molar-refractivity contribution is -0.134. The van der Waals surface area contributed by atoms with Gasteiger partial charge in [0.05, 0.1) is 0 Å². The van der Waals surface area contributed by atoms with Gasteiger partial charge in [-0.05, 0) is 25.7 Å². The molecule has 0 bridgehead atoms. The SMILES string of the molecule is CC(N)C1CCCN(C(=O)[C@@H]2CSC(=O)N2)C1. The standard InChI is InChI=1S/C11H19N3O2S/c1-7(12)8-3-2-4-14(5-8)10(15)9-6-17-11(16)13-9/h7-9H,2-6,12H2,1H3,(H,13,16)/t7?,8?,9-/m0/s1. The molecule has 0 radical (unpaired) electrons. The fourth-order valence-corrected chi connectivity index (χ4v) is 3.15. The van der Waals surface area contributed by atoms with Crippen LogP contribution in [0.2, 0.25) is 0 Å². The number of rotatable bonds is 2. The van der Waals surface area contributed by atoms with Gasteiger partial charge in [-0.2, -0.15) is 0 Å². The minimum absolute atomic E-state index is 0.0497. The maximum atomic E-state index is 12.2. The van der Waals surface area contributed by atoms with Crippen LogP contribution in [0.15, 0.2) is 0 Å². The molecule has 2 amide bonds. The highest BCUT2D eigenvalue weighted by Crippen LogP contribution is 2.21. The molecular weight excluding hydrogens is 238 g/mol. The van der Waals surface area contributed by atoms with Crippen LogP contribution in [-0.2, 0) is 4.79 Å². The lowest BCUT2D eigenvalue weighted by atomic mass is 9.92. The zero-order valence-electron chi connectivity index (χ0n) is 10.0. The lowest BCUT2D eigenvalue weighted by Crippen LogP contribution is -2.51. The number of hydrogen-bond donors (Lipinski definition) is 2. The third kappa shape index (κ3) is 2.93. The summed E-state index contributed by atoms with van der Waals surface area (Å²) in [5.74, 6) is 0.989. The summed E-state index contributed by atoms with van der Waals surface area (Å²) in [6.45, 7) is 3.51. The Labute approximate surface area is 105 Å². The second-order valence-electron chi connectivity index (χ2n) is 4.84. The number of amides is 2. The number of likely N-dealkylation sites (tertiary alicyclic amines) is 1. The summed E-state index contributed by atoms with van der Waals surface area (Å²) in [6, 6.07) is -0.211. The van der Waals surface area contributed by atoms with Crippen molar-refractivity contribution in [3.05, 3.63) is 0 Å². The van der Waals surface area contributed by atoms with E-state index in [1.165, 1.54) is 11.8 Å². The maximum Gasteiger partial charge on any atom is 0.279 e. The molecule has 96 valence electrons. The lowest BCUT2D eigenvalue weighted by Gasteiger charge is -2.35. The monoisotopic (exact) mass is 257 g/mol. The predicted octanol–water partition coefficient (Wildman–Crippen LogP) is 0.397. The minimum Gasteiger partial charge on any atom is -0.341 e. The quantitative estimate of drug-likeness (QED) is 0.750. The molecule has 0 saturated carbocycles. The molecular formula is C11H19N3O2S. The Kier molecular flexibility index (Phi) is 3.93. The van der Waals surface area contributed by atoms with Crippen molar-refractivity contribution in [1.29, 1.82) is 0 Å². The van der Waals surface area contributed by atoms with E-state index in [0.717, 1.165) is 25.9 Å². The molecule has 2 saturated heterocycles. The number of hydrogen-bond acceptors (Lipinski definition) is 4. The van der Waals surface area contributed by atoms with Gasteiger partial charge >= 0.3 is 0 Å². The Hall–Kier alpha value is -0.750. The van der Waals surface area contributed by atoms with Crippen LogP contribution in [0.4, 0.5) is 4.79 Å². The summed E-state index contributed by atoms with van der Waals surface area (Å²) in [4.78, 5) is 25.1. The molecule has 0 aromatic carbocycles. The average molecular weight is 257 g/mol. The maximum absolute atomic E-state index is 12.2. The predicted molar refractivity (Wildman–Crippen MR) is 67.7 cm³/mol. The van der Waals surface area contributed by atoms with Crippen LogP contribution in [0, 0.1) is 5.92 Å². The van der Waals surface area contributed by atoms with Crippen LogP contribution in [0.5, 0.6) is 0 Å². The molecule has 2 aliphatic rings. The number of piperidine rings is 1. The summed E-state index contributed by atoms with van der Waals surface area (Å²) in [5, 5.41) is 2.60. The Bertz CT molecular complexity index is 322. The summed E-state index contributed by atoms with van der Waals surface area (Å²) >= 11 is 1.18. The van der Waals surface area contributed by atoms with Crippen LogP contribution in [-0.4, -0.2) is 47.0 Å². The van der Waals surface area contributed by atoms with E-state index in [4.69, 9.17) is 5.73 Å². The minimum atomic E-state index is -0.334. The largest absolute Gasteiger partial charge is 0.341 e. The van der Waals surface area contributed by atoms with Gasteiger partial charge in [0.25, 0.3) is 5.24 Å². The molecule has 0 spiro atoms. The van der Waals surface area contributed by atoms with E-state index in [0.29, 0.717) is 11.7 Å². The van der Waals surface area contributed by atoms with E-state index in [1.807, 2.05) is 11.8 Å². The Morgan fingerprint density at radius 2 is 2.41 bits per heavy atom. The fourth-order valence-electron chi connectivity index (χ4n) is 2.38. The highest BCUT2D eigenvalue weighted by Gasteiger charge is 2.34. The number of thioether (sulfide) groups is 1. The fraction of sp³-hybridized carbons (Fsp3) is 0.818. The first-order valence-corrected chi connectivity index (χ1v) is 7.04. The normalized spacial score (nSPS) is 31.2. The van der Waals surface area contributed by atoms with Gasteiger partial charge in [0.1, 0.15) is 6.04 Å². The number of nitrogens with two attached hydrogens (primary N) is 1. The van der Waals surface area contributed by atoms with Crippen molar-refractivity contribution in [1.82, 2.24) is 10.2 Å². The van der Waals surface area contributed by atoms with Crippen molar-refractivity contribution in [2.75, 3.05) is 18.8 Å². The highest BCUT2D eigenvalue weighted by molar-refractivity contribution is 8.14. The van der Waals surface area contributed by atoms with Crippen molar-refractivity contribution >= 4 is 22.9 Å². The van der Waals surface area contributed by atoms with Gasteiger partial charge in [-0.25, -0.2) is 0 Å². The average Bonchev–Trinajstić information content (AvgIpc) is 2.75. The molecule has 0 aromatic heterocycles. The van der Waals surface area contributed by atoms with E-state index in [2.05, 4.69) is 5.32 Å². The third-order valence-corrected chi connectivity index (χ3v) is 4.36. The van der Waals surface area contributed by atoms with Gasteiger partial charge in [0.15, 0.2) is 0 Å². The van der Waals surface area contributed by atoms with Gasteiger partial charge in [-0.1, -0.05) is 11.8 Å². The van der Waals surface area contributed by atoms with E-state index in [9.17, 15) is 9.59 Å². The van der Waals surface area contributed by atoms with Crippen LogP contribution in [0.3, 0.4) is 0 Å². The van der Waals surface area contributed by atoms with Crippen molar-refractivity contribution in [2.24, 2.45) is 11.7 Å². The molecule has 17 heavy (non-hydrogen) atoms. The highest BCUT2D eigenvalue weighted by atomic mass is 32.2. The first kappa shape index (κ1) is 12.7. The van der Waals surface area contributed by atoms with Crippen LogP contribution < -0.4 is 11.1 Å². The number of nitrogens with zero attached hydrogens (tertiary/aromatic N) is 1. The van der Waals surface area contributed by atoms with E-state index in [1.54, 1.807) is 0 Å². The van der Waals surface area contributed by atoms with Crippen molar-refractivity contribution in [3.8, 4) is 0 Å². The zero-order chi connectivity index (χ0) is 12.4. The van der Waals surface area contributed by atoms with Crippen LogP contribution in [0.1, 0.15) is 19.8 Å². The van der Waals surface area contributed by atoms with Crippen LogP contribution in [0.25, 0.3) is 0 Å². The molecule has 6 heteroatoms. The Morgan fingerprint density at radius 1 is 1.65 bits per heavy atom. The van der Waals surface area contributed by atoms with Gasteiger partial charge in [-0.15, -0.1) is 0 Å². The molecule has 2 aliphatic heterocycles. The molecule has 3 N–H and O–H groups in total. The molecule has 2 unspecified atom stereocenters. The van der Waals surface area contributed by atoms with Gasteiger partial charge < -0.3 is 16.0 Å².